The molecule has 0 fully saturated rings. The van der Waals surface area contributed by atoms with Crippen molar-refractivity contribution in [1.29, 1.82) is 0 Å². The second kappa shape index (κ2) is 7.55. The fraction of sp³-hybridized carbons (Fsp3) is 0.294. The fourth-order valence-electron chi connectivity index (χ4n) is 1.89. The monoisotopic (exact) mass is 287 g/mol. The van der Waals surface area contributed by atoms with Crippen LogP contribution < -0.4 is 15.2 Å². The van der Waals surface area contributed by atoms with E-state index in [2.05, 4.69) is 6.92 Å². The summed E-state index contributed by atoms with van der Waals surface area (Å²) in [7, 11) is 0. The molecule has 4 nitrogen and oxygen atoms in total. The van der Waals surface area contributed by atoms with Crippen LogP contribution in [-0.2, 0) is 0 Å². The first kappa shape index (κ1) is 15.2. The van der Waals surface area contributed by atoms with Crippen LogP contribution in [0.1, 0.15) is 25.0 Å². The van der Waals surface area contributed by atoms with Crippen molar-refractivity contribution in [2.75, 3.05) is 18.9 Å². The summed E-state index contributed by atoms with van der Waals surface area (Å²) in [5.41, 5.74) is 7.07. The molecular formula is C17H21NO3. The molecular weight excluding hydrogens is 266 g/mol. The van der Waals surface area contributed by atoms with Crippen LogP contribution in [0.25, 0.3) is 0 Å². The van der Waals surface area contributed by atoms with E-state index in [-0.39, 0.29) is 6.61 Å². The second-order valence-electron chi connectivity index (χ2n) is 4.82. The van der Waals surface area contributed by atoms with E-state index in [1.54, 1.807) is 12.1 Å². The van der Waals surface area contributed by atoms with Crippen molar-refractivity contribution in [3.05, 3.63) is 54.1 Å². The molecule has 21 heavy (non-hydrogen) atoms. The lowest BCUT2D eigenvalue weighted by Gasteiger charge is -2.13. The van der Waals surface area contributed by atoms with E-state index in [0.717, 1.165) is 17.7 Å². The lowest BCUT2D eigenvalue weighted by Crippen LogP contribution is -2.10. The summed E-state index contributed by atoms with van der Waals surface area (Å²) in [5.74, 6) is 1.52. The molecule has 0 saturated heterocycles. The van der Waals surface area contributed by atoms with Gasteiger partial charge in [0.2, 0.25) is 0 Å². The highest BCUT2D eigenvalue weighted by Gasteiger charge is 2.08. The molecule has 0 aliphatic rings. The van der Waals surface area contributed by atoms with Crippen LogP contribution in [0, 0.1) is 0 Å². The van der Waals surface area contributed by atoms with Crippen LogP contribution in [-0.4, -0.2) is 18.3 Å². The second-order valence-corrected chi connectivity index (χ2v) is 4.82. The van der Waals surface area contributed by atoms with Crippen molar-refractivity contribution >= 4 is 5.69 Å². The number of nitrogens with two attached hydrogens (primary N) is 1. The van der Waals surface area contributed by atoms with Crippen molar-refractivity contribution in [1.82, 2.24) is 0 Å². The normalized spacial score (nSPS) is 11.9. The largest absolute Gasteiger partial charge is 0.494 e. The van der Waals surface area contributed by atoms with E-state index in [1.807, 2.05) is 36.4 Å². The predicted octanol–water partition coefficient (Wildman–Crippen LogP) is 3.17. The lowest BCUT2D eigenvalue weighted by molar-refractivity contribution is 0.108. The average molecular weight is 287 g/mol. The third-order valence-corrected chi connectivity index (χ3v) is 3.00. The first-order valence-corrected chi connectivity index (χ1v) is 7.08. The highest BCUT2D eigenvalue weighted by molar-refractivity contribution is 5.41. The third-order valence-electron chi connectivity index (χ3n) is 3.00. The Labute approximate surface area is 125 Å². The highest BCUT2D eigenvalue weighted by Crippen LogP contribution is 2.20. The maximum atomic E-state index is 10.1. The molecule has 0 amide bonds. The topological polar surface area (TPSA) is 64.7 Å². The minimum Gasteiger partial charge on any atom is -0.494 e. The van der Waals surface area contributed by atoms with Crippen LogP contribution in [0.4, 0.5) is 5.69 Å². The Balaban J connectivity index is 1.87. The Hall–Kier alpha value is -2.20. The van der Waals surface area contributed by atoms with Crippen LogP contribution in [0.15, 0.2) is 48.5 Å². The number of benzene rings is 2. The zero-order chi connectivity index (χ0) is 15.1. The van der Waals surface area contributed by atoms with E-state index < -0.39 is 6.10 Å². The van der Waals surface area contributed by atoms with E-state index in [9.17, 15) is 5.11 Å². The van der Waals surface area contributed by atoms with Crippen molar-refractivity contribution in [3.8, 4) is 11.5 Å². The van der Waals surface area contributed by atoms with Crippen molar-refractivity contribution < 1.29 is 14.6 Å². The van der Waals surface area contributed by atoms with Gasteiger partial charge in [0, 0.05) is 5.69 Å². The minimum atomic E-state index is -0.704. The summed E-state index contributed by atoms with van der Waals surface area (Å²) in [6.07, 6.45) is 0.273. The van der Waals surface area contributed by atoms with E-state index in [4.69, 9.17) is 15.2 Å². The predicted molar refractivity (Wildman–Crippen MR) is 83.5 cm³/mol. The number of aliphatic hydroxyl groups excluding tert-OH is 1. The van der Waals surface area contributed by atoms with Crippen molar-refractivity contribution in [2.45, 2.75) is 19.4 Å². The number of rotatable bonds is 7. The Morgan fingerprint density at radius 1 is 1.05 bits per heavy atom. The van der Waals surface area contributed by atoms with Gasteiger partial charge in [0.15, 0.2) is 0 Å². The van der Waals surface area contributed by atoms with Crippen LogP contribution in [0.2, 0.25) is 0 Å². The zero-order valence-electron chi connectivity index (χ0n) is 12.2. The molecule has 2 aromatic rings. The van der Waals surface area contributed by atoms with Gasteiger partial charge >= 0.3 is 0 Å². The molecule has 4 heteroatoms. The van der Waals surface area contributed by atoms with Gasteiger partial charge in [-0.25, -0.2) is 0 Å². The fourth-order valence-corrected chi connectivity index (χ4v) is 1.89. The van der Waals surface area contributed by atoms with Gasteiger partial charge in [-0.3, -0.25) is 0 Å². The van der Waals surface area contributed by atoms with Gasteiger partial charge in [0.25, 0.3) is 0 Å². The minimum absolute atomic E-state index is 0.179. The molecule has 0 heterocycles. The average Bonchev–Trinajstić information content (AvgIpc) is 2.51. The summed E-state index contributed by atoms with van der Waals surface area (Å²) in [6, 6.07) is 14.5. The molecule has 0 aromatic heterocycles. The Bertz CT molecular complexity index is 554. The molecule has 3 N–H and O–H groups in total. The molecule has 112 valence electrons. The van der Waals surface area contributed by atoms with Gasteiger partial charge in [-0.1, -0.05) is 19.1 Å². The Morgan fingerprint density at radius 2 is 1.71 bits per heavy atom. The molecule has 0 bridgehead atoms. The molecule has 0 aliphatic heterocycles. The molecule has 2 rings (SSSR count). The Morgan fingerprint density at radius 3 is 2.33 bits per heavy atom. The molecule has 0 saturated carbocycles. The molecule has 1 atom stereocenters. The van der Waals surface area contributed by atoms with Gasteiger partial charge in [-0.05, 0) is 48.4 Å². The molecule has 2 aromatic carbocycles. The van der Waals surface area contributed by atoms with Gasteiger partial charge in [-0.2, -0.15) is 0 Å². The summed E-state index contributed by atoms with van der Waals surface area (Å²) in [4.78, 5) is 0. The SMILES string of the molecule is CCCOc1ccc(OCC(O)c2cccc(N)c2)cc1. The maximum Gasteiger partial charge on any atom is 0.119 e. The van der Waals surface area contributed by atoms with Gasteiger partial charge in [0.05, 0.1) is 6.61 Å². The van der Waals surface area contributed by atoms with Gasteiger partial charge in [-0.15, -0.1) is 0 Å². The summed E-state index contributed by atoms with van der Waals surface area (Å²) in [6.45, 7) is 2.95. The van der Waals surface area contributed by atoms with Crippen LogP contribution in [0.3, 0.4) is 0 Å². The van der Waals surface area contributed by atoms with Crippen molar-refractivity contribution in [3.63, 3.8) is 0 Å². The number of ether oxygens (including phenoxy) is 2. The smallest absolute Gasteiger partial charge is 0.119 e. The third kappa shape index (κ3) is 4.68. The zero-order valence-corrected chi connectivity index (χ0v) is 12.2. The number of nitrogen functional groups attached to an aromatic ring is 1. The molecule has 0 spiro atoms. The number of anilines is 1. The van der Waals surface area contributed by atoms with E-state index in [1.165, 1.54) is 0 Å². The van der Waals surface area contributed by atoms with Crippen LogP contribution in [0.5, 0.6) is 11.5 Å². The quantitative estimate of drug-likeness (QED) is 0.768. The maximum absolute atomic E-state index is 10.1. The standard InChI is InChI=1S/C17H21NO3/c1-2-10-20-15-6-8-16(9-7-15)21-12-17(19)13-4-3-5-14(18)11-13/h3-9,11,17,19H,2,10,12,18H2,1H3. The van der Waals surface area contributed by atoms with Gasteiger partial charge < -0.3 is 20.3 Å². The number of aliphatic hydroxyl groups is 1. The first-order chi connectivity index (χ1) is 10.2. The number of hydrogen-bond acceptors (Lipinski definition) is 4. The Kier molecular flexibility index (Phi) is 5.46. The summed E-state index contributed by atoms with van der Waals surface area (Å²) in [5, 5.41) is 10.1. The molecule has 0 radical (unpaired) electrons. The van der Waals surface area contributed by atoms with E-state index in [0.29, 0.717) is 18.0 Å². The lowest BCUT2D eigenvalue weighted by atomic mass is 10.1. The van der Waals surface area contributed by atoms with Gasteiger partial charge in [0.1, 0.15) is 24.2 Å². The van der Waals surface area contributed by atoms with E-state index >= 15 is 0 Å². The first-order valence-electron chi connectivity index (χ1n) is 7.08. The highest BCUT2D eigenvalue weighted by atomic mass is 16.5. The summed E-state index contributed by atoms with van der Waals surface area (Å²) < 4.78 is 11.1. The molecule has 0 aliphatic carbocycles. The van der Waals surface area contributed by atoms with Crippen LogP contribution >= 0.6 is 0 Å². The molecule has 1 unspecified atom stereocenters. The van der Waals surface area contributed by atoms with Crippen molar-refractivity contribution in [2.24, 2.45) is 0 Å². The number of hydrogen-bond donors (Lipinski definition) is 2. The summed E-state index contributed by atoms with van der Waals surface area (Å²) >= 11 is 0.